The van der Waals surface area contributed by atoms with Crippen LogP contribution in [0.1, 0.15) is 65.3 Å². The van der Waals surface area contributed by atoms with Gasteiger partial charge in [-0.25, -0.2) is 22.8 Å². The fourth-order valence-electron chi connectivity index (χ4n) is 2.70. The molecule has 0 fully saturated rings. The molecule has 2 rings (SSSR count). The molecule has 0 unspecified atom stereocenters. The zero-order valence-electron chi connectivity index (χ0n) is 16.2. The van der Waals surface area contributed by atoms with Crippen LogP contribution in [0.4, 0.5) is 13.2 Å². The topological polar surface area (TPSA) is 52.6 Å². The summed E-state index contributed by atoms with van der Waals surface area (Å²) in [7, 11) is 0. The van der Waals surface area contributed by atoms with Crippen LogP contribution in [-0.4, -0.2) is 18.5 Å². The quantitative estimate of drug-likeness (QED) is 0.292. The highest BCUT2D eigenvalue weighted by molar-refractivity contribution is 6.03. The van der Waals surface area contributed by atoms with Crippen molar-refractivity contribution in [1.29, 1.82) is 0 Å². The van der Waals surface area contributed by atoms with Crippen molar-refractivity contribution in [3.8, 4) is 0 Å². The highest BCUT2D eigenvalue weighted by atomic mass is 19.2. The number of carbonyl (C=O) groups is 2. The predicted octanol–water partition coefficient (Wildman–Crippen LogP) is 5.59. The third-order valence-corrected chi connectivity index (χ3v) is 4.33. The lowest BCUT2D eigenvalue weighted by Gasteiger charge is -2.11. The minimum Gasteiger partial charge on any atom is -0.462 e. The summed E-state index contributed by atoms with van der Waals surface area (Å²) in [6.07, 6.45) is 4.95. The van der Waals surface area contributed by atoms with Crippen molar-refractivity contribution in [2.75, 3.05) is 6.61 Å². The lowest BCUT2D eigenvalue weighted by atomic mass is 10.1. The van der Waals surface area contributed by atoms with E-state index in [1.165, 1.54) is 18.2 Å². The molecule has 0 aliphatic carbocycles. The molecule has 29 heavy (non-hydrogen) atoms. The van der Waals surface area contributed by atoms with Crippen LogP contribution in [0, 0.1) is 17.5 Å². The number of benzene rings is 2. The second kappa shape index (κ2) is 11.2. The van der Waals surface area contributed by atoms with Crippen molar-refractivity contribution < 1.29 is 32.2 Å². The van der Waals surface area contributed by atoms with E-state index in [0.29, 0.717) is 6.07 Å². The summed E-state index contributed by atoms with van der Waals surface area (Å²) in [5.41, 5.74) is -0.808. The van der Waals surface area contributed by atoms with E-state index >= 15 is 0 Å². The van der Waals surface area contributed by atoms with E-state index < -0.39 is 41.6 Å². The first kappa shape index (κ1) is 22.5. The molecule has 7 heteroatoms. The van der Waals surface area contributed by atoms with Gasteiger partial charge in [-0.1, -0.05) is 44.7 Å². The Kier molecular flexibility index (Phi) is 8.70. The third kappa shape index (κ3) is 6.34. The Bertz CT molecular complexity index is 852. The predicted molar refractivity (Wildman–Crippen MR) is 101 cm³/mol. The van der Waals surface area contributed by atoms with Crippen LogP contribution in [0.25, 0.3) is 0 Å². The van der Waals surface area contributed by atoms with Crippen LogP contribution >= 0.6 is 0 Å². The molecule has 0 aliphatic heterocycles. The molecule has 4 nitrogen and oxygen atoms in total. The fraction of sp³-hybridized carbons (Fsp3) is 0.364. The summed E-state index contributed by atoms with van der Waals surface area (Å²) >= 11 is 0. The molecule has 2 aromatic rings. The van der Waals surface area contributed by atoms with Gasteiger partial charge in [-0.15, -0.1) is 0 Å². The van der Waals surface area contributed by atoms with Crippen LogP contribution in [0.2, 0.25) is 0 Å². The molecule has 0 saturated carbocycles. The van der Waals surface area contributed by atoms with Gasteiger partial charge in [0.2, 0.25) is 0 Å². The number of hydrogen-bond acceptors (Lipinski definition) is 4. The van der Waals surface area contributed by atoms with E-state index in [9.17, 15) is 22.8 Å². The zero-order valence-corrected chi connectivity index (χ0v) is 16.2. The summed E-state index contributed by atoms with van der Waals surface area (Å²) in [6, 6.07) is 7.21. The maximum absolute atomic E-state index is 13.7. The van der Waals surface area contributed by atoms with Gasteiger partial charge in [0.05, 0.1) is 23.3 Å². The van der Waals surface area contributed by atoms with Crippen molar-refractivity contribution in [2.24, 2.45) is 0 Å². The summed E-state index contributed by atoms with van der Waals surface area (Å²) in [5.74, 6) is -5.36. The number of halogens is 3. The molecule has 0 spiro atoms. The van der Waals surface area contributed by atoms with Crippen molar-refractivity contribution >= 4 is 11.9 Å². The Morgan fingerprint density at radius 2 is 1.38 bits per heavy atom. The van der Waals surface area contributed by atoms with Crippen LogP contribution in [0.15, 0.2) is 36.4 Å². The van der Waals surface area contributed by atoms with Crippen LogP contribution in [0.3, 0.4) is 0 Å². The third-order valence-electron chi connectivity index (χ3n) is 4.33. The number of carbonyl (C=O) groups excluding carboxylic acids is 2. The Morgan fingerprint density at radius 1 is 0.793 bits per heavy atom. The van der Waals surface area contributed by atoms with Gasteiger partial charge in [0.1, 0.15) is 12.4 Å². The van der Waals surface area contributed by atoms with Gasteiger partial charge in [0, 0.05) is 0 Å². The van der Waals surface area contributed by atoms with Crippen molar-refractivity contribution in [2.45, 2.75) is 45.6 Å². The molecule has 0 aromatic heterocycles. The molecule has 0 amide bonds. The second-order valence-corrected chi connectivity index (χ2v) is 6.49. The number of unbranched alkanes of at least 4 members (excludes halogenated alkanes) is 4. The van der Waals surface area contributed by atoms with Crippen LogP contribution in [0.5, 0.6) is 0 Å². The maximum Gasteiger partial charge on any atom is 0.339 e. The molecule has 0 heterocycles. The Hall–Kier alpha value is -2.83. The van der Waals surface area contributed by atoms with E-state index in [0.717, 1.165) is 38.2 Å². The molecular weight excluding hydrogens is 385 g/mol. The van der Waals surface area contributed by atoms with Gasteiger partial charge >= 0.3 is 11.9 Å². The summed E-state index contributed by atoms with van der Waals surface area (Å²) in [4.78, 5) is 24.6. The number of rotatable bonds is 10. The number of ether oxygens (including phenoxy) is 2. The average Bonchev–Trinajstić information content (AvgIpc) is 2.73. The molecule has 2 aromatic carbocycles. The minimum atomic E-state index is -1.42. The first-order valence-corrected chi connectivity index (χ1v) is 9.51. The van der Waals surface area contributed by atoms with Crippen LogP contribution < -0.4 is 0 Å². The van der Waals surface area contributed by atoms with Gasteiger partial charge in [-0.05, 0) is 30.7 Å². The standard InChI is InChI=1S/C22H23F3O4/c1-2-3-4-5-8-13-28-21(26)15-9-6-7-10-16(15)22(27)29-14-17-18(23)11-12-19(24)20(17)25/h6-7,9-12H,2-5,8,13-14H2,1H3. The minimum absolute atomic E-state index is 0.00811. The summed E-state index contributed by atoms with van der Waals surface area (Å²) in [6.45, 7) is 1.52. The van der Waals surface area contributed by atoms with E-state index in [4.69, 9.17) is 9.47 Å². The fourth-order valence-corrected chi connectivity index (χ4v) is 2.70. The van der Waals surface area contributed by atoms with E-state index in [2.05, 4.69) is 6.92 Å². The van der Waals surface area contributed by atoms with Crippen molar-refractivity contribution in [1.82, 2.24) is 0 Å². The molecule has 156 valence electrons. The Balaban J connectivity index is 1.99. The largest absolute Gasteiger partial charge is 0.462 e. The van der Waals surface area contributed by atoms with Crippen LogP contribution in [-0.2, 0) is 16.1 Å². The summed E-state index contributed by atoms with van der Waals surface area (Å²) in [5, 5.41) is 0. The normalized spacial score (nSPS) is 10.6. The lowest BCUT2D eigenvalue weighted by Crippen LogP contribution is -2.15. The molecule has 0 atom stereocenters. The number of esters is 2. The molecule has 0 bridgehead atoms. The van der Waals surface area contributed by atoms with Gasteiger partial charge in [0.15, 0.2) is 11.6 Å². The van der Waals surface area contributed by atoms with E-state index in [1.807, 2.05) is 0 Å². The van der Waals surface area contributed by atoms with Gasteiger partial charge in [-0.2, -0.15) is 0 Å². The maximum atomic E-state index is 13.7. The molecule has 0 aliphatic rings. The average molecular weight is 408 g/mol. The van der Waals surface area contributed by atoms with Crippen molar-refractivity contribution in [3.05, 3.63) is 70.5 Å². The first-order valence-electron chi connectivity index (χ1n) is 9.51. The summed E-state index contributed by atoms with van der Waals surface area (Å²) < 4.78 is 50.7. The Labute approximate surface area is 167 Å². The van der Waals surface area contributed by atoms with E-state index in [1.54, 1.807) is 6.07 Å². The monoisotopic (exact) mass is 408 g/mol. The highest BCUT2D eigenvalue weighted by Crippen LogP contribution is 2.19. The molecule has 0 saturated heterocycles. The Morgan fingerprint density at radius 3 is 2.03 bits per heavy atom. The molecule has 0 N–H and O–H groups in total. The molecule has 0 radical (unpaired) electrons. The smallest absolute Gasteiger partial charge is 0.339 e. The van der Waals surface area contributed by atoms with Gasteiger partial charge in [0.25, 0.3) is 0 Å². The zero-order chi connectivity index (χ0) is 21.2. The van der Waals surface area contributed by atoms with Gasteiger partial charge in [-0.3, -0.25) is 0 Å². The highest BCUT2D eigenvalue weighted by Gasteiger charge is 2.21. The first-order chi connectivity index (χ1) is 14.0. The SMILES string of the molecule is CCCCCCCOC(=O)c1ccccc1C(=O)OCc1c(F)ccc(F)c1F. The number of hydrogen-bond donors (Lipinski definition) is 0. The van der Waals surface area contributed by atoms with E-state index in [-0.39, 0.29) is 17.7 Å². The van der Waals surface area contributed by atoms with Gasteiger partial charge < -0.3 is 9.47 Å². The molecular formula is C22H23F3O4. The second-order valence-electron chi connectivity index (χ2n) is 6.49. The lowest BCUT2D eigenvalue weighted by molar-refractivity contribution is 0.0430. The van der Waals surface area contributed by atoms with Crippen molar-refractivity contribution in [3.63, 3.8) is 0 Å².